The number of anilines is 1. The number of nitrogens with one attached hydrogen (secondary N) is 1. The highest BCUT2D eigenvalue weighted by molar-refractivity contribution is 7.99. The molecule has 94 valence electrons. The van der Waals surface area contributed by atoms with Gasteiger partial charge in [0.1, 0.15) is 10.8 Å². The highest BCUT2D eigenvalue weighted by Gasteiger charge is 2.03. The van der Waals surface area contributed by atoms with E-state index in [2.05, 4.69) is 26.9 Å². The number of hydrogen-bond acceptors (Lipinski definition) is 6. The Labute approximate surface area is 105 Å². The predicted molar refractivity (Wildman–Crippen MR) is 68.2 cm³/mol. The third kappa shape index (κ3) is 5.53. The van der Waals surface area contributed by atoms with Gasteiger partial charge in [-0.3, -0.25) is 9.78 Å². The zero-order chi connectivity index (χ0) is 12.5. The fourth-order valence-corrected chi connectivity index (χ4v) is 1.87. The van der Waals surface area contributed by atoms with Gasteiger partial charge >= 0.3 is 5.97 Å². The van der Waals surface area contributed by atoms with Gasteiger partial charge in [0.05, 0.1) is 25.9 Å². The molecule has 0 fully saturated rings. The Morgan fingerprint density at radius 2 is 2.35 bits per heavy atom. The summed E-state index contributed by atoms with van der Waals surface area (Å²) in [5.74, 6) is 1.22. The second-order valence-corrected chi connectivity index (χ2v) is 4.46. The summed E-state index contributed by atoms with van der Waals surface area (Å²) >= 11 is 1.50. The standard InChI is InChI=1S/C11H17N3O2S/c1-3-5-13-9-7-12-8-10(14-9)17-6-4-11(15)16-2/h7-8H,3-6H2,1-2H3,(H,13,14). The van der Waals surface area contributed by atoms with Gasteiger partial charge in [-0.05, 0) is 6.42 Å². The van der Waals surface area contributed by atoms with E-state index in [9.17, 15) is 4.79 Å². The second kappa shape index (κ2) is 7.89. The fourth-order valence-electron chi connectivity index (χ4n) is 1.10. The molecule has 0 bridgehead atoms. The maximum atomic E-state index is 10.9. The first-order valence-electron chi connectivity index (χ1n) is 5.51. The molecule has 0 atom stereocenters. The quantitative estimate of drug-likeness (QED) is 0.593. The van der Waals surface area contributed by atoms with E-state index in [0.717, 1.165) is 23.8 Å². The zero-order valence-corrected chi connectivity index (χ0v) is 10.9. The lowest BCUT2D eigenvalue weighted by molar-refractivity contribution is -0.140. The molecule has 1 heterocycles. The molecular formula is C11H17N3O2S. The van der Waals surface area contributed by atoms with Crippen molar-refractivity contribution in [2.24, 2.45) is 0 Å². The molecule has 1 aromatic rings. The van der Waals surface area contributed by atoms with Crippen LogP contribution in [0.2, 0.25) is 0 Å². The number of nitrogens with zero attached hydrogens (tertiary/aromatic N) is 2. The lowest BCUT2D eigenvalue weighted by Gasteiger charge is -2.05. The summed E-state index contributed by atoms with van der Waals surface area (Å²) in [6.07, 6.45) is 4.82. The second-order valence-electron chi connectivity index (χ2n) is 3.34. The highest BCUT2D eigenvalue weighted by atomic mass is 32.2. The van der Waals surface area contributed by atoms with Crippen molar-refractivity contribution in [1.29, 1.82) is 0 Å². The molecule has 0 aliphatic carbocycles. The van der Waals surface area contributed by atoms with E-state index >= 15 is 0 Å². The first kappa shape index (κ1) is 13.8. The SMILES string of the molecule is CCCNc1cncc(SCCC(=O)OC)n1. The van der Waals surface area contributed by atoms with Crippen molar-refractivity contribution in [1.82, 2.24) is 9.97 Å². The van der Waals surface area contributed by atoms with Crippen LogP contribution in [-0.2, 0) is 9.53 Å². The number of methoxy groups -OCH3 is 1. The molecule has 0 aliphatic heterocycles. The van der Waals surface area contributed by atoms with Gasteiger partial charge in [0.25, 0.3) is 0 Å². The van der Waals surface area contributed by atoms with Gasteiger partial charge in [-0.15, -0.1) is 11.8 Å². The molecule has 1 N–H and O–H groups in total. The smallest absolute Gasteiger partial charge is 0.306 e. The van der Waals surface area contributed by atoms with Gasteiger partial charge in [-0.25, -0.2) is 4.98 Å². The van der Waals surface area contributed by atoms with Crippen molar-refractivity contribution >= 4 is 23.5 Å². The Balaban J connectivity index is 2.40. The molecule has 0 amide bonds. The van der Waals surface area contributed by atoms with Crippen molar-refractivity contribution in [3.05, 3.63) is 12.4 Å². The Hall–Kier alpha value is -1.30. The van der Waals surface area contributed by atoms with Crippen LogP contribution in [0.1, 0.15) is 19.8 Å². The largest absolute Gasteiger partial charge is 0.469 e. The van der Waals surface area contributed by atoms with Crippen LogP contribution in [-0.4, -0.2) is 35.3 Å². The normalized spacial score (nSPS) is 10.0. The van der Waals surface area contributed by atoms with Gasteiger partial charge in [0.15, 0.2) is 0 Å². The summed E-state index contributed by atoms with van der Waals surface area (Å²) in [4.78, 5) is 19.4. The van der Waals surface area contributed by atoms with Crippen molar-refractivity contribution < 1.29 is 9.53 Å². The Morgan fingerprint density at radius 1 is 1.53 bits per heavy atom. The van der Waals surface area contributed by atoms with Crippen LogP contribution in [0.3, 0.4) is 0 Å². The molecule has 1 aromatic heterocycles. The third-order valence-electron chi connectivity index (χ3n) is 1.95. The van der Waals surface area contributed by atoms with Crippen LogP contribution in [0.5, 0.6) is 0 Å². The molecule has 0 aliphatic rings. The number of aromatic nitrogens is 2. The number of carbonyl (C=O) groups is 1. The molecule has 0 aromatic carbocycles. The van der Waals surface area contributed by atoms with Crippen molar-refractivity contribution in [2.75, 3.05) is 24.7 Å². The first-order valence-corrected chi connectivity index (χ1v) is 6.50. The summed E-state index contributed by atoms with van der Waals surface area (Å²) in [6.45, 7) is 2.97. The van der Waals surface area contributed by atoms with Crippen LogP contribution in [0, 0.1) is 0 Å². The minimum absolute atomic E-state index is 0.203. The minimum Gasteiger partial charge on any atom is -0.469 e. The fraction of sp³-hybridized carbons (Fsp3) is 0.545. The molecule has 17 heavy (non-hydrogen) atoms. The molecule has 6 heteroatoms. The van der Waals surface area contributed by atoms with Crippen molar-refractivity contribution in [3.8, 4) is 0 Å². The predicted octanol–water partition coefficient (Wildman–Crippen LogP) is 1.95. The number of hydrogen-bond donors (Lipinski definition) is 1. The van der Waals surface area contributed by atoms with Crippen LogP contribution in [0.25, 0.3) is 0 Å². The van der Waals surface area contributed by atoms with Gasteiger partial charge in [0, 0.05) is 12.3 Å². The van der Waals surface area contributed by atoms with Crippen LogP contribution >= 0.6 is 11.8 Å². The summed E-state index contributed by atoms with van der Waals surface area (Å²) in [7, 11) is 1.39. The zero-order valence-electron chi connectivity index (χ0n) is 10.1. The van der Waals surface area contributed by atoms with Crippen molar-refractivity contribution in [3.63, 3.8) is 0 Å². The van der Waals surface area contributed by atoms with E-state index in [1.807, 2.05) is 0 Å². The van der Waals surface area contributed by atoms with E-state index < -0.39 is 0 Å². The molecule has 0 saturated heterocycles. The van der Waals surface area contributed by atoms with Gasteiger partial charge in [-0.2, -0.15) is 0 Å². The first-order chi connectivity index (χ1) is 8.26. The lowest BCUT2D eigenvalue weighted by Crippen LogP contribution is -2.03. The van der Waals surface area contributed by atoms with Crippen molar-refractivity contribution in [2.45, 2.75) is 24.8 Å². The Kier molecular flexibility index (Phi) is 6.39. The van der Waals surface area contributed by atoms with Gasteiger partial charge in [-0.1, -0.05) is 6.92 Å². The number of esters is 1. The average Bonchev–Trinajstić information content (AvgIpc) is 2.36. The molecule has 5 nitrogen and oxygen atoms in total. The molecule has 0 radical (unpaired) electrons. The number of rotatable bonds is 7. The summed E-state index contributed by atoms with van der Waals surface area (Å²) in [5, 5.41) is 3.98. The third-order valence-corrected chi connectivity index (χ3v) is 2.85. The van der Waals surface area contributed by atoms with E-state index in [1.54, 1.807) is 12.4 Å². The monoisotopic (exact) mass is 255 g/mol. The van der Waals surface area contributed by atoms with Gasteiger partial charge in [0.2, 0.25) is 0 Å². The number of carbonyl (C=O) groups excluding carboxylic acids is 1. The van der Waals surface area contributed by atoms with E-state index in [0.29, 0.717) is 12.2 Å². The van der Waals surface area contributed by atoms with Crippen LogP contribution in [0.15, 0.2) is 17.4 Å². The van der Waals surface area contributed by atoms with E-state index in [-0.39, 0.29) is 5.97 Å². The molecule has 0 saturated carbocycles. The Bertz CT molecular complexity index is 360. The van der Waals surface area contributed by atoms with Crippen LogP contribution < -0.4 is 5.32 Å². The van der Waals surface area contributed by atoms with Crippen LogP contribution in [0.4, 0.5) is 5.82 Å². The topological polar surface area (TPSA) is 64.1 Å². The minimum atomic E-state index is -0.203. The Morgan fingerprint density at radius 3 is 3.06 bits per heavy atom. The average molecular weight is 255 g/mol. The molecule has 1 rings (SSSR count). The summed E-state index contributed by atoms with van der Waals surface area (Å²) in [5.41, 5.74) is 0. The number of ether oxygens (including phenoxy) is 1. The summed E-state index contributed by atoms with van der Waals surface area (Å²) < 4.78 is 4.56. The lowest BCUT2D eigenvalue weighted by atomic mass is 10.5. The summed E-state index contributed by atoms with van der Waals surface area (Å²) in [6, 6.07) is 0. The maximum absolute atomic E-state index is 10.9. The number of thioether (sulfide) groups is 1. The molecule has 0 spiro atoms. The molecule has 0 unspecified atom stereocenters. The van der Waals surface area contributed by atoms with E-state index in [1.165, 1.54) is 18.9 Å². The highest BCUT2D eigenvalue weighted by Crippen LogP contribution is 2.16. The van der Waals surface area contributed by atoms with E-state index in [4.69, 9.17) is 0 Å². The van der Waals surface area contributed by atoms with Gasteiger partial charge < -0.3 is 10.1 Å². The maximum Gasteiger partial charge on any atom is 0.306 e. The molecular weight excluding hydrogens is 238 g/mol.